The topological polar surface area (TPSA) is 26.0 Å². The summed E-state index contributed by atoms with van der Waals surface area (Å²) in [5.41, 5.74) is 9.68. The first-order chi connectivity index (χ1) is 6.68. The Morgan fingerprint density at radius 2 is 2.14 bits per heavy atom. The number of benzene rings is 1. The number of halogens is 1. The summed E-state index contributed by atoms with van der Waals surface area (Å²) in [5.74, 6) is 0. The maximum Gasteiger partial charge on any atom is 0.0444 e. The predicted molar refractivity (Wildman–Crippen MR) is 61.4 cm³/mol. The molecule has 74 valence electrons. The molecule has 1 atom stereocenters. The Morgan fingerprint density at radius 3 is 2.86 bits per heavy atom. The van der Waals surface area contributed by atoms with Crippen LogP contribution in [0.4, 0.5) is 0 Å². The van der Waals surface area contributed by atoms with Crippen molar-refractivity contribution in [1.82, 2.24) is 0 Å². The molecule has 2 rings (SSSR count). The van der Waals surface area contributed by atoms with Gasteiger partial charge in [0, 0.05) is 11.1 Å². The van der Waals surface area contributed by atoms with Gasteiger partial charge in [0.05, 0.1) is 0 Å². The third kappa shape index (κ3) is 1.70. The van der Waals surface area contributed by atoms with Crippen LogP contribution >= 0.6 is 11.6 Å². The average Bonchev–Trinajstić information content (AvgIpc) is 2.17. The van der Waals surface area contributed by atoms with Gasteiger partial charge in [0.1, 0.15) is 0 Å². The van der Waals surface area contributed by atoms with E-state index in [1.54, 1.807) is 0 Å². The minimum atomic E-state index is 0.155. The Balaban J connectivity index is 2.45. The van der Waals surface area contributed by atoms with Crippen molar-refractivity contribution in [3.05, 3.63) is 39.9 Å². The van der Waals surface area contributed by atoms with Gasteiger partial charge in [-0.25, -0.2) is 0 Å². The van der Waals surface area contributed by atoms with Crippen LogP contribution in [0.5, 0.6) is 0 Å². The van der Waals surface area contributed by atoms with Crippen molar-refractivity contribution in [3.8, 4) is 0 Å². The third-order valence-electron chi connectivity index (χ3n) is 2.74. The molecule has 1 aliphatic rings. The molecule has 0 aromatic heterocycles. The highest BCUT2D eigenvalue weighted by Gasteiger charge is 2.14. The maximum atomic E-state index is 6.11. The van der Waals surface area contributed by atoms with Crippen LogP contribution in [0.2, 0.25) is 5.02 Å². The van der Waals surface area contributed by atoms with Crippen molar-refractivity contribution in [2.75, 3.05) is 0 Å². The highest BCUT2D eigenvalue weighted by atomic mass is 35.5. The van der Waals surface area contributed by atoms with Crippen molar-refractivity contribution in [2.45, 2.75) is 25.8 Å². The molecule has 1 aromatic carbocycles. The molecule has 1 nitrogen and oxygen atoms in total. The second-order valence-corrected chi connectivity index (χ2v) is 4.22. The van der Waals surface area contributed by atoms with Gasteiger partial charge in [-0.05, 0) is 37.0 Å². The third-order valence-corrected chi connectivity index (χ3v) is 3.10. The summed E-state index contributed by atoms with van der Waals surface area (Å²) in [6, 6.07) is 6.19. The second-order valence-electron chi connectivity index (χ2n) is 3.82. The zero-order valence-corrected chi connectivity index (χ0v) is 9.01. The van der Waals surface area contributed by atoms with Crippen LogP contribution in [-0.2, 0) is 6.42 Å². The zero-order chi connectivity index (χ0) is 10.1. The lowest BCUT2D eigenvalue weighted by Crippen LogP contribution is -2.20. The first-order valence-corrected chi connectivity index (χ1v) is 5.29. The first-order valence-electron chi connectivity index (χ1n) is 4.92. The van der Waals surface area contributed by atoms with E-state index in [1.807, 2.05) is 19.1 Å². The van der Waals surface area contributed by atoms with Crippen LogP contribution in [0.25, 0.3) is 6.08 Å². The zero-order valence-electron chi connectivity index (χ0n) is 8.26. The van der Waals surface area contributed by atoms with E-state index in [2.05, 4.69) is 12.1 Å². The fourth-order valence-corrected chi connectivity index (χ4v) is 2.15. The van der Waals surface area contributed by atoms with Crippen LogP contribution in [-0.4, -0.2) is 6.04 Å². The Kier molecular flexibility index (Phi) is 2.62. The summed E-state index contributed by atoms with van der Waals surface area (Å²) in [7, 11) is 0. The molecule has 0 saturated heterocycles. The quantitative estimate of drug-likeness (QED) is 0.753. The molecular weight excluding hydrogens is 194 g/mol. The summed E-state index contributed by atoms with van der Waals surface area (Å²) in [6.45, 7) is 2.03. The van der Waals surface area contributed by atoms with E-state index in [1.165, 1.54) is 16.7 Å². The van der Waals surface area contributed by atoms with Crippen LogP contribution in [0.15, 0.2) is 23.8 Å². The van der Waals surface area contributed by atoms with E-state index in [0.717, 1.165) is 17.9 Å². The molecule has 0 heterocycles. The minimum absolute atomic E-state index is 0.155. The molecule has 0 saturated carbocycles. The molecule has 0 radical (unpaired) electrons. The molecule has 2 N–H and O–H groups in total. The lowest BCUT2D eigenvalue weighted by Gasteiger charge is -2.19. The van der Waals surface area contributed by atoms with Gasteiger partial charge >= 0.3 is 0 Å². The van der Waals surface area contributed by atoms with E-state index in [0.29, 0.717) is 0 Å². The van der Waals surface area contributed by atoms with Crippen molar-refractivity contribution in [1.29, 1.82) is 0 Å². The van der Waals surface area contributed by atoms with Crippen LogP contribution in [0.1, 0.15) is 24.5 Å². The molecular formula is C12H14ClN. The van der Waals surface area contributed by atoms with Crippen LogP contribution < -0.4 is 5.73 Å². The molecule has 14 heavy (non-hydrogen) atoms. The molecule has 1 aromatic rings. The Bertz CT molecular complexity index is 380. The van der Waals surface area contributed by atoms with Gasteiger partial charge in [0.2, 0.25) is 0 Å². The summed E-state index contributed by atoms with van der Waals surface area (Å²) in [5, 5.41) is 0.877. The highest BCUT2D eigenvalue weighted by Crippen LogP contribution is 2.29. The monoisotopic (exact) mass is 207 g/mol. The molecule has 2 heteroatoms. The van der Waals surface area contributed by atoms with Crippen molar-refractivity contribution in [3.63, 3.8) is 0 Å². The van der Waals surface area contributed by atoms with E-state index in [4.69, 9.17) is 17.3 Å². The van der Waals surface area contributed by atoms with Crippen molar-refractivity contribution < 1.29 is 0 Å². The largest absolute Gasteiger partial charge is 0.324 e. The smallest absolute Gasteiger partial charge is 0.0444 e. The van der Waals surface area contributed by atoms with Gasteiger partial charge in [-0.15, -0.1) is 0 Å². The maximum absolute atomic E-state index is 6.11. The molecule has 1 aliphatic carbocycles. The SMILES string of the molecule is CC(N)C1=Cc2cccc(Cl)c2CC1. The predicted octanol–water partition coefficient (Wildman–Crippen LogP) is 3.02. The molecule has 0 amide bonds. The summed E-state index contributed by atoms with van der Waals surface area (Å²) < 4.78 is 0. The van der Waals surface area contributed by atoms with E-state index >= 15 is 0 Å². The fraction of sp³-hybridized carbons (Fsp3) is 0.333. The van der Waals surface area contributed by atoms with Gasteiger partial charge in [0.25, 0.3) is 0 Å². The van der Waals surface area contributed by atoms with E-state index in [-0.39, 0.29) is 6.04 Å². The molecule has 0 fully saturated rings. The lowest BCUT2D eigenvalue weighted by molar-refractivity contribution is 0.777. The van der Waals surface area contributed by atoms with Gasteiger partial charge in [-0.1, -0.05) is 35.4 Å². The second kappa shape index (κ2) is 3.76. The molecule has 0 spiro atoms. The van der Waals surface area contributed by atoms with E-state index < -0.39 is 0 Å². The average molecular weight is 208 g/mol. The van der Waals surface area contributed by atoms with Crippen LogP contribution in [0.3, 0.4) is 0 Å². The minimum Gasteiger partial charge on any atom is -0.324 e. The van der Waals surface area contributed by atoms with Gasteiger partial charge < -0.3 is 5.73 Å². The number of hydrogen-bond donors (Lipinski definition) is 1. The van der Waals surface area contributed by atoms with Crippen molar-refractivity contribution >= 4 is 17.7 Å². The Morgan fingerprint density at radius 1 is 1.36 bits per heavy atom. The fourth-order valence-electron chi connectivity index (χ4n) is 1.87. The molecule has 0 aliphatic heterocycles. The van der Waals surface area contributed by atoms with Gasteiger partial charge in [0.15, 0.2) is 0 Å². The number of nitrogens with two attached hydrogens (primary N) is 1. The Labute approximate surface area is 89.6 Å². The Hall–Kier alpha value is -0.790. The van der Waals surface area contributed by atoms with Gasteiger partial charge in [-0.2, -0.15) is 0 Å². The normalized spacial score (nSPS) is 17.2. The van der Waals surface area contributed by atoms with E-state index in [9.17, 15) is 0 Å². The number of fused-ring (bicyclic) bond motifs is 1. The first kappa shape index (κ1) is 9.75. The standard InChI is InChI=1S/C12H14ClN/c1-8(14)9-5-6-11-10(7-9)3-2-4-12(11)13/h2-4,7-8H,5-6,14H2,1H3. The summed E-state index contributed by atoms with van der Waals surface area (Å²) >= 11 is 6.11. The summed E-state index contributed by atoms with van der Waals surface area (Å²) in [4.78, 5) is 0. The molecule has 0 bridgehead atoms. The summed E-state index contributed by atoms with van der Waals surface area (Å²) in [6.07, 6.45) is 4.23. The number of rotatable bonds is 1. The van der Waals surface area contributed by atoms with Crippen molar-refractivity contribution in [2.24, 2.45) is 5.73 Å². The molecule has 1 unspecified atom stereocenters. The number of hydrogen-bond acceptors (Lipinski definition) is 1. The lowest BCUT2D eigenvalue weighted by atomic mass is 9.89. The highest BCUT2D eigenvalue weighted by molar-refractivity contribution is 6.31. The van der Waals surface area contributed by atoms with Crippen LogP contribution in [0, 0.1) is 0 Å². The van der Waals surface area contributed by atoms with Gasteiger partial charge in [-0.3, -0.25) is 0 Å².